The number of rotatable bonds is 10. The van der Waals surface area contributed by atoms with E-state index in [1.165, 1.54) is 5.39 Å². The summed E-state index contributed by atoms with van der Waals surface area (Å²) in [4.78, 5) is 0. The normalized spacial score (nSPS) is 11.3. The second-order valence-electron chi connectivity index (χ2n) is 4.78. The third-order valence-corrected chi connectivity index (χ3v) is 3.30. The second kappa shape index (κ2) is 8.79. The fraction of sp³-hybridized carbons (Fsp3) is 0.500. The van der Waals surface area contributed by atoms with Crippen LogP contribution in [0.2, 0.25) is 0 Å². The lowest BCUT2D eigenvalue weighted by atomic mass is 10.2. The van der Waals surface area contributed by atoms with Gasteiger partial charge in [0.05, 0.1) is 39.6 Å². The van der Waals surface area contributed by atoms with Crippen molar-refractivity contribution >= 4 is 10.9 Å². The lowest BCUT2D eigenvalue weighted by Crippen LogP contribution is -2.11. The average molecular weight is 293 g/mol. The molecular formula is C16H23NO4. The number of fused-ring (bicyclic) bond motifs is 1. The van der Waals surface area contributed by atoms with Crippen molar-refractivity contribution in [1.29, 1.82) is 0 Å². The largest absolute Gasteiger partial charge is 0.392 e. The number of ether oxygens (including phenoxy) is 3. The summed E-state index contributed by atoms with van der Waals surface area (Å²) >= 11 is 0. The highest BCUT2D eigenvalue weighted by Gasteiger charge is 2.02. The molecule has 0 bridgehead atoms. The molecule has 0 aliphatic heterocycles. The Bertz CT molecular complexity index is 538. The SMILES string of the molecule is COCCOCCOCCn1ccc2ccc(CO)cc21. The van der Waals surface area contributed by atoms with Crippen molar-refractivity contribution in [1.82, 2.24) is 4.57 Å². The number of aromatic nitrogens is 1. The van der Waals surface area contributed by atoms with Crippen LogP contribution in [0, 0.1) is 0 Å². The van der Waals surface area contributed by atoms with E-state index in [1.54, 1.807) is 7.11 Å². The van der Waals surface area contributed by atoms with Crippen molar-refractivity contribution in [3.8, 4) is 0 Å². The number of benzene rings is 1. The molecule has 2 rings (SSSR count). The summed E-state index contributed by atoms with van der Waals surface area (Å²) < 4.78 is 17.9. The van der Waals surface area contributed by atoms with Gasteiger partial charge >= 0.3 is 0 Å². The topological polar surface area (TPSA) is 52.9 Å². The third-order valence-electron chi connectivity index (χ3n) is 3.30. The molecule has 1 N–H and O–H groups in total. The summed E-state index contributed by atoms with van der Waals surface area (Å²) in [6.07, 6.45) is 2.05. The highest BCUT2D eigenvalue weighted by molar-refractivity contribution is 5.80. The van der Waals surface area contributed by atoms with Crippen LogP contribution >= 0.6 is 0 Å². The molecule has 1 aromatic carbocycles. The van der Waals surface area contributed by atoms with Crippen molar-refractivity contribution in [2.45, 2.75) is 13.2 Å². The summed E-state index contributed by atoms with van der Waals surface area (Å²) in [7, 11) is 1.66. The average Bonchev–Trinajstić information content (AvgIpc) is 2.92. The molecule has 5 nitrogen and oxygen atoms in total. The molecule has 0 atom stereocenters. The molecule has 1 aromatic heterocycles. The van der Waals surface area contributed by atoms with Gasteiger partial charge in [-0.25, -0.2) is 0 Å². The number of nitrogens with zero attached hydrogens (tertiary/aromatic N) is 1. The Morgan fingerprint density at radius 1 is 1.00 bits per heavy atom. The van der Waals surface area contributed by atoms with Gasteiger partial charge in [-0.05, 0) is 23.1 Å². The van der Waals surface area contributed by atoms with Crippen molar-refractivity contribution < 1.29 is 19.3 Å². The van der Waals surface area contributed by atoms with Crippen LogP contribution in [0.1, 0.15) is 5.56 Å². The molecule has 0 amide bonds. The van der Waals surface area contributed by atoms with Gasteiger partial charge in [0.25, 0.3) is 0 Å². The van der Waals surface area contributed by atoms with Gasteiger partial charge < -0.3 is 23.9 Å². The van der Waals surface area contributed by atoms with Crippen molar-refractivity contribution in [2.75, 3.05) is 40.1 Å². The van der Waals surface area contributed by atoms with Gasteiger partial charge in [-0.1, -0.05) is 12.1 Å². The lowest BCUT2D eigenvalue weighted by molar-refractivity contribution is 0.0232. The Labute approximate surface area is 125 Å². The monoisotopic (exact) mass is 293 g/mol. The van der Waals surface area contributed by atoms with Gasteiger partial charge in [0.2, 0.25) is 0 Å². The molecule has 2 aromatic rings. The Hall–Kier alpha value is -1.40. The van der Waals surface area contributed by atoms with E-state index in [1.807, 2.05) is 24.4 Å². The summed E-state index contributed by atoms with van der Waals surface area (Å²) in [6.45, 7) is 3.89. The van der Waals surface area contributed by atoms with Gasteiger partial charge in [0, 0.05) is 25.4 Å². The number of aliphatic hydroxyl groups excluding tert-OH is 1. The summed E-state index contributed by atoms with van der Waals surface area (Å²) in [5.41, 5.74) is 2.05. The zero-order valence-electron chi connectivity index (χ0n) is 12.5. The number of hydrogen-bond donors (Lipinski definition) is 1. The molecule has 0 fully saturated rings. The van der Waals surface area contributed by atoms with Crippen LogP contribution in [0.4, 0.5) is 0 Å². The molecular weight excluding hydrogens is 270 g/mol. The molecule has 0 spiro atoms. The Kier molecular flexibility index (Phi) is 6.69. The Morgan fingerprint density at radius 2 is 1.76 bits per heavy atom. The number of aliphatic hydroxyl groups is 1. The minimum absolute atomic E-state index is 0.0659. The van der Waals surface area contributed by atoms with Crippen molar-refractivity contribution in [2.24, 2.45) is 0 Å². The van der Waals surface area contributed by atoms with Gasteiger partial charge in [-0.2, -0.15) is 0 Å². The van der Waals surface area contributed by atoms with E-state index in [-0.39, 0.29) is 6.61 Å². The number of hydrogen-bond acceptors (Lipinski definition) is 4. The predicted molar refractivity (Wildman–Crippen MR) is 81.4 cm³/mol. The standard InChI is InChI=1S/C16H23NO4/c1-19-8-9-21-11-10-20-7-6-17-5-4-15-3-2-14(13-18)12-16(15)17/h2-5,12,18H,6-11,13H2,1H3. The van der Waals surface area contributed by atoms with E-state index in [0.717, 1.165) is 17.6 Å². The molecule has 116 valence electrons. The maximum atomic E-state index is 9.20. The summed E-state index contributed by atoms with van der Waals surface area (Å²) in [6, 6.07) is 8.07. The zero-order valence-corrected chi connectivity index (χ0v) is 12.5. The van der Waals surface area contributed by atoms with Gasteiger partial charge in [0.15, 0.2) is 0 Å². The van der Waals surface area contributed by atoms with Crippen LogP contribution in [0.5, 0.6) is 0 Å². The molecule has 0 aliphatic carbocycles. The first kappa shape index (κ1) is 16.0. The lowest BCUT2D eigenvalue weighted by Gasteiger charge is -2.08. The molecule has 0 unspecified atom stereocenters. The van der Waals surface area contributed by atoms with Gasteiger partial charge in [-0.15, -0.1) is 0 Å². The van der Waals surface area contributed by atoms with Crippen LogP contribution in [-0.2, 0) is 27.4 Å². The molecule has 0 radical (unpaired) electrons. The van der Waals surface area contributed by atoms with Crippen molar-refractivity contribution in [3.05, 3.63) is 36.0 Å². The fourth-order valence-electron chi connectivity index (χ4n) is 2.15. The minimum Gasteiger partial charge on any atom is -0.392 e. The second-order valence-corrected chi connectivity index (χ2v) is 4.78. The summed E-state index contributed by atoms with van der Waals surface area (Å²) in [5, 5.41) is 10.4. The third kappa shape index (κ3) is 4.82. The first-order valence-electron chi connectivity index (χ1n) is 7.18. The maximum absolute atomic E-state index is 9.20. The van der Waals surface area contributed by atoms with E-state index < -0.39 is 0 Å². The van der Waals surface area contributed by atoms with Crippen LogP contribution < -0.4 is 0 Å². The fourth-order valence-corrected chi connectivity index (χ4v) is 2.15. The van der Waals surface area contributed by atoms with E-state index >= 15 is 0 Å². The Morgan fingerprint density at radius 3 is 2.52 bits per heavy atom. The van der Waals surface area contributed by atoms with Crippen molar-refractivity contribution in [3.63, 3.8) is 0 Å². The van der Waals surface area contributed by atoms with E-state index in [4.69, 9.17) is 14.2 Å². The molecule has 1 heterocycles. The summed E-state index contributed by atoms with van der Waals surface area (Å²) in [5.74, 6) is 0. The molecule has 0 saturated heterocycles. The van der Waals surface area contributed by atoms with Crippen LogP contribution in [0.15, 0.2) is 30.5 Å². The minimum atomic E-state index is 0.0659. The van der Waals surface area contributed by atoms with Gasteiger partial charge in [0.1, 0.15) is 0 Å². The van der Waals surface area contributed by atoms with Gasteiger partial charge in [-0.3, -0.25) is 0 Å². The first-order valence-corrected chi connectivity index (χ1v) is 7.18. The molecule has 0 aliphatic rings. The van der Waals surface area contributed by atoms with Crippen LogP contribution in [0.3, 0.4) is 0 Å². The molecule has 0 saturated carbocycles. The van der Waals surface area contributed by atoms with E-state index in [9.17, 15) is 5.11 Å². The highest BCUT2D eigenvalue weighted by Crippen LogP contribution is 2.17. The highest BCUT2D eigenvalue weighted by atomic mass is 16.5. The smallest absolute Gasteiger partial charge is 0.0701 e. The number of methoxy groups -OCH3 is 1. The Balaban J connectivity index is 1.73. The van der Waals surface area contributed by atoms with E-state index in [2.05, 4.69) is 10.6 Å². The van der Waals surface area contributed by atoms with Crippen LogP contribution in [-0.4, -0.2) is 49.8 Å². The van der Waals surface area contributed by atoms with Crippen LogP contribution in [0.25, 0.3) is 10.9 Å². The predicted octanol–water partition coefficient (Wildman–Crippen LogP) is 1.81. The quantitative estimate of drug-likeness (QED) is 0.679. The zero-order chi connectivity index (χ0) is 14.9. The molecule has 5 heteroatoms. The molecule has 21 heavy (non-hydrogen) atoms. The first-order chi connectivity index (χ1) is 10.3. The van der Waals surface area contributed by atoms with E-state index in [0.29, 0.717) is 33.0 Å². The maximum Gasteiger partial charge on any atom is 0.0701 e.